The van der Waals surface area contributed by atoms with Crippen LogP contribution in [0.4, 0.5) is 4.79 Å². The van der Waals surface area contributed by atoms with Crippen LogP contribution in [0.5, 0.6) is 0 Å². The van der Waals surface area contributed by atoms with Crippen molar-refractivity contribution in [2.45, 2.75) is 63.6 Å². The molecule has 2 fully saturated rings. The van der Waals surface area contributed by atoms with Gasteiger partial charge in [0.2, 0.25) is 0 Å². The first-order chi connectivity index (χ1) is 9.93. The Hall–Kier alpha value is -0.740. The van der Waals surface area contributed by atoms with E-state index >= 15 is 0 Å². The van der Waals surface area contributed by atoms with Gasteiger partial charge in [-0.1, -0.05) is 18.7 Å². The zero-order valence-electron chi connectivity index (χ0n) is 12.5. The van der Waals surface area contributed by atoms with E-state index < -0.39 is 17.9 Å². The number of rotatable bonds is 4. The molecule has 0 aromatic heterocycles. The van der Waals surface area contributed by atoms with Crippen molar-refractivity contribution in [2.75, 3.05) is 5.75 Å². The third kappa shape index (κ3) is 4.36. The average Bonchev–Trinajstić information content (AvgIpc) is 2.83. The summed E-state index contributed by atoms with van der Waals surface area (Å²) in [6.45, 7) is 3.87. The highest BCUT2D eigenvalue weighted by Gasteiger charge is 2.48. The van der Waals surface area contributed by atoms with Gasteiger partial charge in [-0.05, 0) is 26.2 Å². The molecule has 118 valence electrons. The van der Waals surface area contributed by atoms with E-state index in [1.165, 1.54) is 0 Å². The standard InChI is InChI=1S/C15H23NO4S/c1-3-4-10(2)5-6-12-7-11(17)8-15(19,20-12)13-9-21-14(18)16-13/h10-13,17,19H,5-9H2,1-2H3,(H,16,18)/t10-,11+,12-,13+,15-/m1/s1. The van der Waals surface area contributed by atoms with Crippen LogP contribution in [0.15, 0.2) is 0 Å². The van der Waals surface area contributed by atoms with Gasteiger partial charge in [-0.2, -0.15) is 0 Å². The second kappa shape index (κ2) is 7.01. The highest BCUT2D eigenvalue weighted by molar-refractivity contribution is 8.14. The van der Waals surface area contributed by atoms with E-state index in [1.807, 2.05) is 6.92 Å². The largest absolute Gasteiger partial charge is 0.393 e. The SMILES string of the molecule is CC#C[C@@H](C)CC[C@@H]1C[C@H](O)C[C@](O)([C@@H]2CSC(=O)N2)O1. The van der Waals surface area contributed by atoms with Crippen LogP contribution in [0.2, 0.25) is 0 Å². The van der Waals surface area contributed by atoms with Gasteiger partial charge in [0.15, 0.2) is 5.79 Å². The van der Waals surface area contributed by atoms with E-state index in [-0.39, 0.29) is 23.7 Å². The maximum absolute atomic E-state index is 11.3. The molecule has 0 saturated carbocycles. The third-order valence-corrected chi connectivity index (χ3v) is 4.84. The summed E-state index contributed by atoms with van der Waals surface area (Å²) in [7, 11) is 0. The molecular formula is C15H23NO4S. The van der Waals surface area contributed by atoms with Crippen molar-refractivity contribution in [3.63, 3.8) is 0 Å². The van der Waals surface area contributed by atoms with Crippen molar-refractivity contribution in [1.82, 2.24) is 5.32 Å². The lowest BCUT2D eigenvalue weighted by Gasteiger charge is -2.42. The van der Waals surface area contributed by atoms with Crippen molar-refractivity contribution >= 4 is 17.0 Å². The second-order valence-corrected chi connectivity index (χ2v) is 6.84. The highest BCUT2D eigenvalue weighted by atomic mass is 32.2. The number of carbonyl (C=O) groups is 1. The van der Waals surface area contributed by atoms with Gasteiger partial charge in [-0.3, -0.25) is 4.79 Å². The monoisotopic (exact) mass is 313 g/mol. The van der Waals surface area contributed by atoms with E-state index in [2.05, 4.69) is 24.1 Å². The third-order valence-electron chi connectivity index (χ3n) is 3.96. The topological polar surface area (TPSA) is 78.8 Å². The lowest BCUT2D eigenvalue weighted by Crippen LogP contribution is -2.58. The van der Waals surface area contributed by atoms with Crippen LogP contribution < -0.4 is 5.32 Å². The predicted octanol–water partition coefficient (Wildman–Crippen LogP) is 1.48. The Kier molecular flexibility index (Phi) is 5.55. The van der Waals surface area contributed by atoms with Crippen LogP contribution in [0.25, 0.3) is 0 Å². The summed E-state index contributed by atoms with van der Waals surface area (Å²) in [5, 5.41) is 23.2. The Morgan fingerprint density at radius 3 is 3.00 bits per heavy atom. The van der Waals surface area contributed by atoms with Gasteiger partial charge in [-0.25, -0.2) is 0 Å². The summed E-state index contributed by atoms with van der Waals surface area (Å²) in [5.41, 5.74) is 0. The maximum Gasteiger partial charge on any atom is 0.279 e. The lowest BCUT2D eigenvalue weighted by atomic mass is 9.91. The minimum atomic E-state index is -1.47. The quantitative estimate of drug-likeness (QED) is 0.685. The smallest absolute Gasteiger partial charge is 0.279 e. The van der Waals surface area contributed by atoms with Crippen molar-refractivity contribution in [3.05, 3.63) is 0 Å². The molecule has 1 amide bonds. The molecule has 5 nitrogen and oxygen atoms in total. The number of amides is 1. The fourth-order valence-corrected chi connectivity index (χ4v) is 3.78. The molecule has 0 unspecified atom stereocenters. The highest BCUT2D eigenvalue weighted by Crippen LogP contribution is 2.35. The number of aliphatic hydroxyl groups is 2. The minimum Gasteiger partial charge on any atom is -0.393 e. The Morgan fingerprint density at radius 2 is 2.38 bits per heavy atom. The van der Waals surface area contributed by atoms with Crippen LogP contribution in [0.1, 0.15) is 39.5 Å². The molecule has 0 bridgehead atoms. The number of nitrogens with one attached hydrogen (secondary N) is 1. The van der Waals surface area contributed by atoms with Crippen molar-refractivity contribution in [1.29, 1.82) is 0 Å². The van der Waals surface area contributed by atoms with E-state index in [4.69, 9.17) is 4.74 Å². The summed E-state index contributed by atoms with van der Waals surface area (Å²) in [6, 6.07) is -0.458. The fourth-order valence-electron chi connectivity index (χ4n) is 2.89. The molecular weight excluding hydrogens is 290 g/mol. The van der Waals surface area contributed by atoms with Crippen LogP contribution in [-0.2, 0) is 4.74 Å². The van der Waals surface area contributed by atoms with Crippen LogP contribution >= 0.6 is 11.8 Å². The van der Waals surface area contributed by atoms with Gasteiger partial charge in [0.1, 0.15) is 0 Å². The van der Waals surface area contributed by atoms with Gasteiger partial charge in [0.05, 0.1) is 18.2 Å². The Morgan fingerprint density at radius 1 is 1.62 bits per heavy atom. The summed E-state index contributed by atoms with van der Waals surface area (Å²) < 4.78 is 5.82. The number of thioether (sulfide) groups is 1. The van der Waals surface area contributed by atoms with Crippen LogP contribution in [-0.4, -0.2) is 45.2 Å². The number of aliphatic hydroxyl groups excluding tert-OH is 1. The molecule has 2 heterocycles. The van der Waals surface area contributed by atoms with Gasteiger partial charge < -0.3 is 20.3 Å². The first-order valence-electron chi connectivity index (χ1n) is 7.36. The summed E-state index contributed by atoms with van der Waals surface area (Å²) >= 11 is 1.13. The molecule has 2 aliphatic heterocycles. The average molecular weight is 313 g/mol. The normalized spacial score (nSPS) is 37.5. The Balaban J connectivity index is 1.94. The molecule has 5 atom stereocenters. The molecule has 3 N–H and O–H groups in total. The molecule has 0 spiro atoms. The molecule has 0 aromatic carbocycles. The summed E-state index contributed by atoms with van der Waals surface area (Å²) in [6.07, 6.45) is 1.44. The van der Waals surface area contributed by atoms with E-state index in [1.54, 1.807) is 0 Å². The van der Waals surface area contributed by atoms with E-state index in [9.17, 15) is 15.0 Å². The zero-order chi connectivity index (χ0) is 15.5. The van der Waals surface area contributed by atoms with Crippen LogP contribution in [0.3, 0.4) is 0 Å². The molecule has 2 aliphatic rings. The predicted molar refractivity (Wildman–Crippen MR) is 81.7 cm³/mol. The number of ether oxygens (including phenoxy) is 1. The van der Waals surface area contributed by atoms with Gasteiger partial charge in [0.25, 0.3) is 5.24 Å². The molecule has 0 radical (unpaired) electrons. The van der Waals surface area contributed by atoms with Gasteiger partial charge >= 0.3 is 0 Å². The van der Waals surface area contributed by atoms with Crippen molar-refractivity contribution in [2.24, 2.45) is 5.92 Å². The van der Waals surface area contributed by atoms with Crippen molar-refractivity contribution < 1.29 is 19.7 Å². The maximum atomic E-state index is 11.3. The molecule has 2 rings (SSSR count). The lowest BCUT2D eigenvalue weighted by molar-refractivity contribution is -0.282. The van der Waals surface area contributed by atoms with E-state index in [0.717, 1.165) is 24.6 Å². The number of hydrogen-bond acceptors (Lipinski definition) is 5. The van der Waals surface area contributed by atoms with Gasteiger partial charge in [0, 0.05) is 18.1 Å². The zero-order valence-corrected chi connectivity index (χ0v) is 13.3. The fraction of sp³-hybridized carbons (Fsp3) is 0.800. The van der Waals surface area contributed by atoms with Crippen LogP contribution in [0, 0.1) is 17.8 Å². The van der Waals surface area contributed by atoms with Crippen molar-refractivity contribution in [3.8, 4) is 11.8 Å². The summed E-state index contributed by atoms with van der Waals surface area (Å²) in [4.78, 5) is 11.3. The van der Waals surface area contributed by atoms with E-state index in [0.29, 0.717) is 12.2 Å². The minimum absolute atomic E-state index is 0.138. The molecule has 0 aliphatic carbocycles. The molecule has 21 heavy (non-hydrogen) atoms. The van der Waals surface area contributed by atoms with Gasteiger partial charge in [-0.15, -0.1) is 11.8 Å². The first kappa shape index (κ1) is 16.6. The second-order valence-electron chi connectivity index (χ2n) is 5.85. The first-order valence-corrected chi connectivity index (χ1v) is 8.35. The summed E-state index contributed by atoms with van der Waals surface area (Å²) in [5.74, 6) is 5.24. The molecule has 2 saturated heterocycles. The molecule has 6 heteroatoms. The number of carbonyl (C=O) groups excluding carboxylic acids is 1. The Labute approximate surface area is 129 Å². The molecule has 0 aromatic rings. The Bertz CT molecular complexity index is 447. The number of hydrogen-bond donors (Lipinski definition) is 3.